The van der Waals surface area contributed by atoms with Crippen molar-refractivity contribution in [3.63, 3.8) is 0 Å². The fraction of sp³-hybridized carbons (Fsp3) is 0. The van der Waals surface area contributed by atoms with E-state index in [1.54, 1.807) is 42.9 Å². The van der Waals surface area contributed by atoms with Crippen molar-refractivity contribution in [1.29, 1.82) is 0 Å². The van der Waals surface area contributed by atoms with Gasteiger partial charge in [0.2, 0.25) is 5.91 Å². The van der Waals surface area contributed by atoms with E-state index >= 15 is 0 Å². The molecular formula is C23H16N4O3. The first-order valence-corrected chi connectivity index (χ1v) is 9.23. The van der Waals surface area contributed by atoms with Crippen molar-refractivity contribution in [2.75, 3.05) is 0 Å². The fourth-order valence-electron chi connectivity index (χ4n) is 3.79. The molecule has 1 amide bonds. The van der Waals surface area contributed by atoms with Crippen LogP contribution in [0.1, 0.15) is 20.7 Å². The summed E-state index contributed by atoms with van der Waals surface area (Å²) in [5, 5.41) is 11.4. The number of hydrogen-bond acceptors (Lipinski definition) is 3. The molecule has 0 bridgehead atoms. The zero-order valence-electron chi connectivity index (χ0n) is 15.7. The van der Waals surface area contributed by atoms with Crippen molar-refractivity contribution in [2.45, 2.75) is 0 Å². The average Bonchev–Trinajstić information content (AvgIpc) is 3.39. The topological polar surface area (TPSA) is 103 Å². The van der Waals surface area contributed by atoms with E-state index in [0.717, 1.165) is 33.2 Å². The lowest BCUT2D eigenvalue weighted by molar-refractivity contribution is 0.0696. The highest BCUT2D eigenvalue weighted by molar-refractivity contribution is 6.11. The molecule has 5 rings (SSSR count). The van der Waals surface area contributed by atoms with Crippen molar-refractivity contribution in [3.8, 4) is 11.4 Å². The lowest BCUT2D eigenvalue weighted by atomic mass is 10.1. The molecule has 0 fully saturated rings. The summed E-state index contributed by atoms with van der Waals surface area (Å²) in [5.74, 6) is -1.53. The van der Waals surface area contributed by atoms with E-state index < -0.39 is 11.9 Å². The van der Waals surface area contributed by atoms with Crippen molar-refractivity contribution >= 4 is 33.7 Å². The molecule has 0 radical (unpaired) electrons. The van der Waals surface area contributed by atoms with E-state index in [1.807, 2.05) is 45.7 Å². The van der Waals surface area contributed by atoms with Gasteiger partial charge in [0, 0.05) is 40.1 Å². The number of hydrogen-bond donors (Lipinski definition) is 2. The molecule has 0 aliphatic heterocycles. The summed E-state index contributed by atoms with van der Waals surface area (Å²) >= 11 is 0. The van der Waals surface area contributed by atoms with Gasteiger partial charge in [-0.15, -0.1) is 0 Å². The maximum atomic E-state index is 11.7. The van der Waals surface area contributed by atoms with E-state index in [-0.39, 0.29) is 5.56 Å². The van der Waals surface area contributed by atoms with Crippen molar-refractivity contribution in [3.05, 3.63) is 90.5 Å². The summed E-state index contributed by atoms with van der Waals surface area (Å²) in [7, 11) is 0. The standard InChI is InChI=1S/C23H16N4O3/c24-22(28)14-2-1-3-17(10-14)27-20-11-15(23(29)30)4-6-18(20)19-7-5-16(12-21(19)27)26-9-8-25-13-26/h1-13H,(H2,24,28)(H,29,30). The van der Waals surface area contributed by atoms with Gasteiger partial charge in [0.25, 0.3) is 0 Å². The van der Waals surface area contributed by atoms with Gasteiger partial charge in [-0.1, -0.05) is 18.2 Å². The average molecular weight is 396 g/mol. The zero-order valence-corrected chi connectivity index (χ0v) is 15.7. The SMILES string of the molecule is NC(=O)c1cccc(-n2c3cc(C(=O)O)ccc3c3ccc(-n4ccnc4)cc32)c1. The van der Waals surface area contributed by atoms with Crippen molar-refractivity contribution < 1.29 is 14.7 Å². The highest BCUT2D eigenvalue weighted by Crippen LogP contribution is 2.34. The highest BCUT2D eigenvalue weighted by Gasteiger charge is 2.16. The molecule has 0 atom stereocenters. The van der Waals surface area contributed by atoms with Gasteiger partial charge in [-0.2, -0.15) is 0 Å². The van der Waals surface area contributed by atoms with E-state index in [4.69, 9.17) is 5.73 Å². The number of amides is 1. The van der Waals surface area contributed by atoms with Gasteiger partial charge in [-0.05, 0) is 42.5 Å². The minimum absolute atomic E-state index is 0.187. The highest BCUT2D eigenvalue weighted by atomic mass is 16.4. The lowest BCUT2D eigenvalue weighted by Gasteiger charge is -2.10. The summed E-state index contributed by atoms with van der Waals surface area (Å²) in [4.78, 5) is 27.4. The number of carboxylic acids is 1. The summed E-state index contributed by atoms with van der Waals surface area (Å²) in [6, 6.07) is 18.0. The fourth-order valence-corrected chi connectivity index (χ4v) is 3.79. The molecule has 7 heteroatoms. The molecule has 2 aromatic heterocycles. The number of benzene rings is 3. The predicted octanol–water partition coefficient (Wildman–Crippen LogP) is 3.77. The number of rotatable bonds is 4. The van der Waals surface area contributed by atoms with Gasteiger partial charge >= 0.3 is 5.97 Å². The van der Waals surface area contributed by atoms with Crippen LogP contribution in [0.25, 0.3) is 33.2 Å². The number of carbonyl (C=O) groups excluding carboxylic acids is 1. The Morgan fingerprint density at radius 3 is 2.33 bits per heavy atom. The molecule has 0 aliphatic rings. The minimum atomic E-state index is -1.00. The number of carbonyl (C=O) groups is 2. The van der Waals surface area contributed by atoms with Crippen LogP contribution >= 0.6 is 0 Å². The molecule has 146 valence electrons. The summed E-state index contributed by atoms with van der Waals surface area (Å²) in [6.07, 6.45) is 5.27. The molecule has 3 N–H and O–H groups in total. The Bertz CT molecular complexity index is 1450. The number of nitrogens with two attached hydrogens (primary N) is 1. The number of aromatic carboxylic acids is 1. The Hall–Kier alpha value is -4.39. The summed E-state index contributed by atoms with van der Waals surface area (Å²) in [5.41, 5.74) is 9.28. The third-order valence-corrected chi connectivity index (χ3v) is 5.19. The minimum Gasteiger partial charge on any atom is -0.478 e. The summed E-state index contributed by atoms with van der Waals surface area (Å²) in [6.45, 7) is 0. The van der Waals surface area contributed by atoms with Gasteiger partial charge in [0.05, 0.1) is 22.9 Å². The van der Waals surface area contributed by atoms with Crippen LogP contribution in [0.5, 0.6) is 0 Å². The largest absolute Gasteiger partial charge is 0.478 e. The van der Waals surface area contributed by atoms with Crippen LogP contribution in [0.4, 0.5) is 0 Å². The Labute approximate surface area is 170 Å². The first kappa shape index (κ1) is 17.7. The second kappa shape index (κ2) is 6.59. The third-order valence-electron chi connectivity index (χ3n) is 5.19. The van der Waals surface area contributed by atoms with Crippen LogP contribution in [-0.2, 0) is 0 Å². The molecule has 2 heterocycles. The predicted molar refractivity (Wildman–Crippen MR) is 113 cm³/mol. The number of imidazole rings is 1. The second-order valence-electron chi connectivity index (χ2n) is 6.96. The van der Waals surface area contributed by atoms with Gasteiger partial charge in [0.15, 0.2) is 0 Å². The monoisotopic (exact) mass is 396 g/mol. The first-order chi connectivity index (χ1) is 14.5. The molecule has 0 unspecified atom stereocenters. The number of fused-ring (bicyclic) bond motifs is 3. The van der Waals surface area contributed by atoms with Crippen LogP contribution in [0, 0.1) is 0 Å². The van der Waals surface area contributed by atoms with Crippen LogP contribution in [0.2, 0.25) is 0 Å². The number of primary amides is 1. The third kappa shape index (κ3) is 2.72. The number of nitrogens with zero attached hydrogens (tertiary/aromatic N) is 3. The number of carboxylic acid groups (broad SMARTS) is 1. The Balaban J connectivity index is 1.89. The molecule has 5 aromatic rings. The smallest absolute Gasteiger partial charge is 0.335 e. The number of aromatic nitrogens is 3. The molecule has 3 aromatic carbocycles. The maximum Gasteiger partial charge on any atom is 0.335 e. The molecule has 7 nitrogen and oxygen atoms in total. The summed E-state index contributed by atoms with van der Waals surface area (Å²) < 4.78 is 3.84. The lowest BCUT2D eigenvalue weighted by Crippen LogP contribution is -2.11. The zero-order chi connectivity index (χ0) is 20.8. The van der Waals surface area contributed by atoms with Crippen LogP contribution in [0.3, 0.4) is 0 Å². The van der Waals surface area contributed by atoms with E-state index in [1.165, 1.54) is 0 Å². The van der Waals surface area contributed by atoms with E-state index in [0.29, 0.717) is 5.56 Å². The van der Waals surface area contributed by atoms with Gasteiger partial charge < -0.3 is 20.0 Å². The first-order valence-electron chi connectivity index (χ1n) is 9.23. The van der Waals surface area contributed by atoms with Crippen molar-refractivity contribution in [2.24, 2.45) is 5.73 Å². The van der Waals surface area contributed by atoms with E-state index in [2.05, 4.69) is 4.98 Å². The quantitative estimate of drug-likeness (QED) is 0.483. The molecule has 30 heavy (non-hydrogen) atoms. The Morgan fingerprint density at radius 2 is 1.63 bits per heavy atom. The molecule has 0 saturated heterocycles. The maximum absolute atomic E-state index is 11.7. The molecule has 0 saturated carbocycles. The van der Waals surface area contributed by atoms with Gasteiger partial charge in [-0.3, -0.25) is 4.79 Å². The van der Waals surface area contributed by atoms with Gasteiger partial charge in [-0.25, -0.2) is 9.78 Å². The second-order valence-corrected chi connectivity index (χ2v) is 6.96. The molecule has 0 spiro atoms. The van der Waals surface area contributed by atoms with Crippen LogP contribution in [0.15, 0.2) is 79.4 Å². The van der Waals surface area contributed by atoms with Crippen LogP contribution in [-0.4, -0.2) is 31.1 Å². The molecule has 0 aliphatic carbocycles. The van der Waals surface area contributed by atoms with Crippen molar-refractivity contribution in [1.82, 2.24) is 14.1 Å². The normalized spacial score (nSPS) is 11.2. The molecular weight excluding hydrogens is 380 g/mol. The van der Waals surface area contributed by atoms with E-state index in [9.17, 15) is 14.7 Å². The Morgan fingerprint density at radius 1 is 0.867 bits per heavy atom. The van der Waals surface area contributed by atoms with Gasteiger partial charge in [0.1, 0.15) is 0 Å². The van der Waals surface area contributed by atoms with Crippen LogP contribution < -0.4 is 5.73 Å². The Kier molecular flexibility index (Phi) is 3.89.